The normalized spacial score (nSPS) is 12.1. The van der Waals surface area contributed by atoms with Crippen LogP contribution in [0.1, 0.15) is 30.6 Å². The van der Waals surface area contributed by atoms with Crippen LogP contribution in [-0.2, 0) is 4.79 Å². The summed E-state index contributed by atoms with van der Waals surface area (Å²) in [7, 11) is 1.47. The Bertz CT molecular complexity index is 548. The second kappa shape index (κ2) is 7.84. The molecular weight excluding hydrogens is 409 g/mol. The van der Waals surface area contributed by atoms with Crippen LogP contribution in [-0.4, -0.2) is 30.1 Å². The highest BCUT2D eigenvalue weighted by Crippen LogP contribution is 2.28. The molecule has 0 aliphatic rings. The standard InChI is InChI=1S/C14H17ClINO4/c1-7(2)11(6-13(18)19)17-14(20)8-4-9(15)10(16)5-12(8)21-3/h4-5,7,11H,6H2,1-3H3,(H,17,20)(H,18,19). The molecule has 1 atom stereocenters. The van der Waals surface area contributed by atoms with Gasteiger partial charge >= 0.3 is 5.97 Å². The highest BCUT2D eigenvalue weighted by Gasteiger charge is 2.22. The molecule has 1 rings (SSSR count). The number of aliphatic carboxylic acids is 1. The van der Waals surface area contributed by atoms with Crippen LogP contribution in [0.5, 0.6) is 5.75 Å². The number of nitrogens with one attached hydrogen (secondary N) is 1. The van der Waals surface area contributed by atoms with Gasteiger partial charge in [0, 0.05) is 9.61 Å². The lowest BCUT2D eigenvalue weighted by atomic mass is 10.0. The molecule has 0 aromatic heterocycles. The fraction of sp³-hybridized carbons (Fsp3) is 0.429. The van der Waals surface area contributed by atoms with Crippen molar-refractivity contribution < 1.29 is 19.4 Å². The van der Waals surface area contributed by atoms with Crippen molar-refractivity contribution in [2.45, 2.75) is 26.3 Å². The van der Waals surface area contributed by atoms with Crippen LogP contribution in [0.4, 0.5) is 0 Å². The van der Waals surface area contributed by atoms with E-state index < -0.39 is 17.9 Å². The molecule has 0 saturated heterocycles. The van der Waals surface area contributed by atoms with Crippen molar-refractivity contribution in [1.29, 1.82) is 0 Å². The van der Waals surface area contributed by atoms with E-state index in [0.717, 1.165) is 3.57 Å². The van der Waals surface area contributed by atoms with Gasteiger partial charge in [0.25, 0.3) is 5.91 Å². The van der Waals surface area contributed by atoms with Crippen LogP contribution in [0.3, 0.4) is 0 Å². The minimum absolute atomic E-state index is 0.00429. The van der Waals surface area contributed by atoms with E-state index >= 15 is 0 Å². The predicted molar refractivity (Wildman–Crippen MR) is 89.1 cm³/mol. The number of amides is 1. The fourth-order valence-electron chi connectivity index (χ4n) is 1.76. The first kappa shape index (κ1) is 18.0. The van der Waals surface area contributed by atoms with Gasteiger partial charge in [-0.3, -0.25) is 9.59 Å². The molecule has 2 N–H and O–H groups in total. The minimum atomic E-state index is -0.957. The number of hydrogen-bond donors (Lipinski definition) is 2. The highest BCUT2D eigenvalue weighted by atomic mass is 127. The topological polar surface area (TPSA) is 75.6 Å². The van der Waals surface area contributed by atoms with E-state index in [4.69, 9.17) is 21.4 Å². The van der Waals surface area contributed by atoms with Gasteiger partial charge in [-0.25, -0.2) is 0 Å². The summed E-state index contributed by atoms with van der Waals surface area (Å²) in [5.74, 6) is -0.957. The quantitative estimate of drug-likeness (QED) is 0.687. The van der Waals surface area contributed by atoms with Crippen molar-refractivity contribution in [3.05, 3.63) is 26.3 Å². The lowest BCUT2D eigenvalue weighted by Gasteiger charge is -2.21. The van der Waals surface area contributed by atoms with Crippen LogP contribution < -0.4 is 10.1 Å². The molecule has 0 bridgehead atoms. The number of carbonyl (C=O) groups is 2. The van der Waals surface area contributed by atoms with Gasteiger partial charge in [0.05, 0.1) is 24.1 Å². The van der Waals surface area contributed by atoms with Crippen molar-refractivity contribution in [3.8, 4) is 5.75 Å². The van der Waals surface area contributed by atoms with Gasteiger partial charge in [-0.1, -0.05) is 25.4 Å². The first-order valence-electron chi connectivity index (χ1n) is 6.32. The molecule has 0 radical (unpaired) electrons. The van der Waals surface area contributed by atoms with Crippen LogP contribution in [0.25, 0.3) is 0 Å². The van der Waals surface area contributed by atoms with Gasteiger partial charge in [-0.15, -0.1) is 0 Å². The Morgan fingerprint density at radius 2 is 2.05 bits per heavy atom. The largest absolute Gasteiger partial charge is 0.496 e. The van der Waals surface area contributed by atoms with Gasteiger partial charge < -0.3 is 15.2 Å². The molecule has 0 spiro atoms. The Morgan fingerprint density at radius 1 is 1.43 bits per heavy atom. The molecule has 5 nitrogen and oxygen atoms in total. The van der Waals surface area contributed by atoms with E-state index in [0.29, 0.717) is 16.3 Å². The second-order valence-corrected chi connectivity index (χ2v) is 6.46. The molecule has 21 heavy (non-hydrogen) atoms. The summed E-state index contributed by atoms with van der Waals surface area (Å²) in [6.07, 6.45) is -0.135. The third-order valence-electron chi connectivity index (χ3n) is 3.00. The Balaban J connectivity index is 3.02. The van der Waals surface area contributed by atoms with Gasteiger partial charge in [0.1, 0.15) is 5.75 Å². The predicted octanol–water partition coefficient (Wildman–Crippen LogP) is 3.18. The molecule has 0 aliphatic heterocycles. The van der Waals surface area contributed by atoms with Gasteiger partial charge in [0.15, 0.2) is 0 Å². The number of carbonyl (C=O) groups excluding carboxylic acids is 1. The number of benzene rings is 1. The number of carboxylic acids is 1. The average Bonchev–Trinajstić information content (AvgIpc) is 2.39. The number of methoxy groups -OCH3 is 1. The van der Waals surface area contributed by atoms with E-state index in [2.05, 4.69) is 5.32 Å². The summed E-state index contributed by atoms with van der Waals surface area (Å²) in [5, 5.41) is 12.1. The molecule has 1 aromatic rings. The monoisotopic (exact) mass is 425 g/mol. The zero-order valence-electron chi connectivity index (χ0n) is 11.9. The lowest BCUT2D eigenvalue weighted by molar-refractivity contribution is -0.137. The summed E-state index contributed by atoms with van der Waals surface area (Å²) in [6.45, 7) is 3.71. The average molecular weight is 426 g/mol. The van der Waals surface area contributed by atoms with Crippen LogP contribution in [0, 0.1) is 9.49 Å². The zero-order chi connectivity index (χ0) is 16.2. The molecule has 1 unspecified atom stereocenters. The maximum Gasteiger partial charge on any atom is 0.305 e. The number of rotatable bonds is 6. The van der Waals surface area contributed by atoms with E-state index in [1.807, 2.05) is 36.4 Å². The molecule has 0 aliphatic carbocycles. The molecule has 116 valence electrons. The van der Waals surface area contributed by atoms with Crippen molar-refractivity contribution in [1.82, 2.24) is 5.32 Å². The molecule has 7 heteroatoms. The molecule has 0 saturated carbocycles. The maximum atomic E-state index is 12.3. The Hall–Kier alpha value is -1.02. The minimum Gasteiger partial charge on any atom is -0.496 e. The SMILES string of the molecule is COc1cc(I)c(Cl)cc1C(=O)NC(CC(=O)O)C(C)C. The summed E-state index contributed by atoms with van der Waals surface area (Å²) < 4.78 is 5.96. The number of carboxylic acid groups (broad SMARTS) is 1. The van der Waals surface area contributed by atoms with Crippen LogP contribution in [0.2, 0.25) is 5.02 Å². The van der Waals surface area contributed by atoms with Crippen molar-refractivity contribution in [2.75, 3.05) is 7.11 Å². The Kier molecular flexibility index (Phi) is 6.73. The van der Waals surface area contributed by atoms with Crippen LogP contribution >= 0.6 is 34.2 Å². The molecule has 0 heterocycles. The van der Waals surface area contributed by atoms with Gasteiger partial charge in [-0.2, -0.15) is 0 Å². The Morgan fingerprint density at radius 3 is 2.52 bits per heavy atom. The number of hydrogen-bond acceptors (Lipinski definition) is 3. The third-order valence-corrected chi connectivity index (χ3v) is 4.53. The van der Waals surface area contributed by atoms with E-state index in [-0.39, 0.29) is 12.3 Å². The third kappa shape index (κ3) is 5.03. The van der Waals surface area contributed by atoms with Crippen molar-refractivity contribution in [3.63, 3.8) is 0 Å². The van der Waals surface area contributed by atoms with E-state index in [9.17, 15) is 9.59 Å². The molecule has 1 aromatic carbocycles. The smallest absolute Gasteiger partial charge is 0.305 e. The molecule has 1 amide bonds. The highest BCUT2D eigenvalue weighted by molar-refractivity contribution is 14.1. The van der Waals surface area contributed by atoms with Gasteiger partial charge in [0.2, 0.25) is 0 Å². The number of ether oxygens (including phenoxy) is 1. The summed E-state index contributed by atoms with van der Waals surface area (Å²) in [5.41, 5.74) is 0.291. The Labute approximate surface area is 142 Å². The zero-order valence-corrected chi connectivity index (χ0v) is 14.9. The first-order chi connectivity index (χ1) is 9.76. The van der Waals surface area contributed by atoms with Crippen LogP contribution in [0.15, 0.2) is 12.1 Å². The molecule has 0 fully saturated rings. The number of halogens is 2. The van der Waals surface area contributed by atoms with Crippen molar-refractivity contribution in [2.24, 2.45) is 5.92 Å². The van der Waals surface area contributed by atoms with E-state index in [1.165, 1.54) is 13.2 Å². The first-order valence-corrected chi connectivity index (χ1v) is 7.77. The van der Waals surface area contributed by atoms with Gasteiger partial charge in [-0.05, 0) is 40.6 Å². The summed E-state index contributed by atoms with van der Waals surface area (Å²) >= 11 is 8.08. The van der Waals surface area contributed by atoms with Crippen molar-refractivity contribution >= 4 is 46.1 Å². The maximum absolute atomic E-state index is 12.3. The molecular formula is C14H17ClINO4. The lowest BCUT2D eigenvalue weighted by Crippen LogP contribution is -2.40. The van der Waals surface area contributed by atoms with E-state index in [1.54, 1.807) is 6.07 Å². The second-order valence-electron chi connectivity index (χ2n) is 4.89. The fourth-order valence-corrected chi connectivity index (χ4v) is 2.36. The summed E-state index contributed by atoms with van der Waals surface area (Å²) in [4.78, 5) is 23.2. The summed E-state index contributed by atoms with van der Waals surface area (Å²) in [6, 6.07) is 2.73.